The van der Waals surface area contributed by atoms with Crippen molar-refractivity contribution in [1.29, 1.82) is 0 Å². The molecule has 7 nitrogen and oxygen atoms in total. The normalized spacial score (nSPS) is 13.3. The minimum absolute atomic E-state index is 0.0520. The molecule has 10 heteroatoms. The number of halogens is 3. The number of nitrogens with zero attached hydrogens (tertiary/aromatic N) is 1. The second kappa shape index (κ2) is 11.1. The van der Waals surface area contributed by atoms with Crippen LogP contribution in [0.3, 0.4) is 0 Å². The number of ether oxygens (including phenoxy) is 1. The zero-order valence-corrected chi connectivity index (χ0v) is 18.8. The standard InChI is InChI=1S/C25H25F3N2O5/c1-2-3-12-21(23(33)30(13-22(31)32)15-25(26,27)28)29-24(34)35-14-20-18-10-6-4-8-16(18)17-9-5-7-11-19(17)20/h2,4-11,20-21H,1,3,12-15H2,(H,29,34)(H,31,32). The Morgan fingerprint density at radius 1 is 1.09 bits per heavy atom. The molecule has 1 aliphatic carbocycles. The maximum Gasteiger partial charge on any atom is 0.407 e. The Balaban J connectivity index is 1.71. The van der Waals surface area contributed by atoms with E-state index in [-0.39, 0.29) is 30.3 Å². The lowest BCUT2D eigenvalue weighted by atomic mass is 9.98. The van der Waals surface area contributed by atoms with Crippen molar-refractivity contribution in [2.75, 3.05) is 19.7 Å². The number of rotatable bonds is 10. The van der Waals surface area contributed by atoms with Gasteiger partial charge in [-0.15, -0.1) is 6.58 Å². The molecule has 35 heavy (non-hydrogen) atoms. The fourth-order valence-corrected chi connectivity index (χ4v) is 4.14. The Morgan fingerprint density at radius 3 is 2.17 bits per heavy atom. The summed E-state index contributed by atoms with van der Waals surface area (Å²) in [6.45, 7) is 0.548. The van der Waals surface area contributed by atoms with Gasteiger partial charge in [0.15, 0.2) is 0 Å². The highest BCUT2D eigenvalue weighted by Gasteiger charge is 2.37. The summed E-state index contributed by atoms with van der Waals surface area (Å²) in [6, 6.07) is 13.9. The summed E-state index contributed by atoms with van der Waals surface area (Å²) >= 11 is 0. The van der Waals surface area contributed by atoms with E-state index in [2.05, 4.69) is 11.9 Å². The quantitative estimate of drug-likeness (QED) is 0.483. The first-order valence-electron chi connectivity index (χ1n) is 10.9. The van der Waals surface area contributed by atoms with Gasteiger partial charge in [-0.1, -0.05) is 54.6 Å². The van der Waals surface area contributed by atoms with Crippen molar-refractivity contribution in [1.82, 2.24) is 10.2 Å². The second-order valence-corrected chi connectivity index (χ2v) is 8.09. The number of allylic oxidation sites excluding steroid dienone is 1. The van der Waals surface area contributed by atoms with Gasteiger partial charge >= 0.3 is 18.2 Å². The van der Waals surface area contributed by atoms with Gasteiger partial charge in [0.05, 0.1) is 0 Å². The van der Waals surface area contributed by atoms with Crippen LogP contribution in [0.25, 0.3) is 11.1 Å². The van der Waals surface area contributed by atoms with Crippen LogP contribution < -0.4 is 5.32 Å². The van der Waals surface area contributed by atoms with Gasteiger partial charge in [-0.05, 0) is 35.1 Å². The molecule has 0 radical (unpaired) electrons. The number of carbonyl (C=O) groups excluding carboxylic acids is 2. The molecule has 2 aromatic carbocycles. The number of hydrogen-bond donors (Lipinski definition) is 2. The molecule has 0 fully saturated rings. The van der Waals surface area contributed by atoms with E-state index < -0.39 is 43.3 Å². The van der Waals surface area contributed by atoms with Crippen molar-refractivity contribution in [2.45, 2.75) is 31.0 Å². The van der Waals surface area contributed by atoms with E-state index in [1.807, 2.05) is 48.5 Å². The molecule has 3 rings (SSSR count). The van der Waals surface area contributed by atoms with E-state index in [4.69, 9.17) is 9.84 Å². The first kappa shape index (κ1) is 25.8. The lowest BCUT2D eigenvalue weighted by molar-refractivity contribution is -0.166. The monoisotopic (exact) mass is 490 g/mol. The van der Waals surface area contributed by atoms with Crippen LogP contribution in [-0.2, 0) is 14.3 Å². The molecule has 1 unspecified atom stereocenters. The molecule has 0 bridgehead atoms. The maximum absolute atomic E-state index is 12.9. The molecular formula is C25H25F3N2O5. The lowest BCUT2D eigenvalue weighted by Crippen LogP contribution is -2.52. The Morgan fingerprint density at radius 2 is 1.66 bits per heavy atom. The molecule has 2 amide bonds. The van der Waals surface area contributed by atoms with E-state index in [1.54, 1.807) is 0 Å². The van der Waals surface area contributed by atoms with Crippen LogP contribution in [0.15, 0.2) is 61.2 Å². The molecular weight excluding hydrogens is 465 g/mol. The molecule has 0 spiro atoms. The van der Waals surface area contributed by atoms with E-state index in [1.165, 1.54) is 6.08 Å². The highest BCUT2D eigenvalue weighted by atomic mass is 19.4. The molecule has 2 N–H and O–H groups in total. The number of carboxylic acids is 1. The van der Waals surface area contributed by atoms with E-state index in [0.29, 0.717) is 0 Å². The third-order valence-corrected chi connectivity index (χ3v) is 5.60. The van der Waals surface area contributed by atoms with E-state index in [0.717, 1.165) is 22.3 Å². The number of hydrogen-bond acceptors (Lipinski definition) is 4. The van der Waals surface area contributed by atoms with Crippen molar-refractivity contribution >= 4 is 18.0 Å². The van der Waals surface area contributed by atoms with E-state index in [9.17, 15) is 27.6 Å². The number of nitrogens with one attached hydrogen (secondary N) is 1. The van der Waals surface area contributed by atoms with Gasteiger partial charge < -0.3 is 20.1 Å². The number of benzene rings is 2. The summed E-state index contributed by atoms with van der Waals surface area (Å²) < 4.78 is 44.1. The Kier molecular flexibility index (Phi) is 8.16. The van der Waals surface area contributed by atoms with Gasteiger partial charge in [-0.2, -0.15) is 13.2 Å². The fourth-order valence-electron chi connectivity index (χ4n) is 4.14. The Bertz CT molecular complexity index is 1060. The van der Waals surface area contributed by atoms with E-state index >= 15 is 0 Å². The summed E-state index contributed by atoms with van der Waals surface area (Å²) in [6.07, 6.45) is -4.23. The van der Waals surface area contributed by atoms with Crippen LogP contribution in [0.5, 0.6) is 0 Å². The maximum atomic E-state index is 12.9. The molecule has 2 aromatic rings. The molecule has 0 aliphatic heterocycles. The van der Waals surface area contributed by atoms with Crippen LogP contribution in [0.2, 0.25) is 0 Å². The number of carboxylic acid groups (broad SMARTS) is 1. The number of amides is 2. The zero-order chi connectivity index (χ0) is 25.6. The Labute approximate surface area is 200 Å². The first-order valence-corrected chi connectivity index (χ1v) is 10.9. The number of alkyl carbamates (subject to hydrolysis) is 1. The summed E-state index contributed by atoms with van der Waals surface area (Å²) in [5.41, 5.74) is 3.98. The van der Waals surface area contributed by atoms with Gasteiger partial charge in [-0.25, -0.2) is 4.79 Å². The first-order chi connectivity index (χ1) is 16.6. The van der Waals surface area contributed by atoms with Crippen molar-refractivity contribution in [2.24, 2.45) is 0 Å². The summed E-state index contributed by atoms with van der Waals surface area (Å²) in [4.78, 5) is 36.5. The van der Waals surface area contributed by atoms with Crippen LogP contribution in [0.1, 0.15) is 29.9 Å². The third kappa shape index (κ3) is 6.62. The van der Waals surface area contributed by atoms with Crippen LogP contribution in [-0.4, -0.2) is 59.9 Å². The SMILES string of the molecule is C=CCCC(NC(=O)OCC1c2ccccc2-c2ccccc21)C(=O)N(CC(=O)O)CC(F)(F)F. The molecule has 0 saturated heterocycles. The minimum Gasteiger partial charge on any atom is -0.480 e. The van der Waals surface area contributed by atoms with Crippen LogP contribution >= 0.6 is 0 Å². The van der Waals surface area contributed by atoms with Crippen molar-refractivity contribution in [3.63, 3.8) is 0 Å². The average molecular weight is 490 g/mol. The topological polar surface area (TPSA) is 95.9 Å². The van der Waals surface area contributed by atoms with Crippen LogP contribution in [0, 0.1) is 0 Å². The minimum atomic E-state index is -4.81. The fraction of sp³-hybridized carbons (Fsp3) is 0.320. The highest BCUT2D eigenvalue weighted by Crippen LogP contribution is 2.44. The molecule has 0 heterocycles. The summed E-state index contributed by atoms with van der Waals surface area (Å²) in [5, 5.41) is 11.2. The predicted octanol–water partition coefficient (Wildman–Crippen LogP) is 4.34. The lowest BCUT2D eigenvalue weighted by Gasteiger charge is -2.27. The van der Waals surface area contributed by atoms with Gasteiger partial charge in [0.1, 0.15) is 25.7 Å². The van der Waals surface area contributed by atoms with Crippen molar-refractivity contribution in [3.05, 3.63) is 72.3 Å². The van der Waals surface area contributed by atoms with Gasteiger partial charge in [0.25, 0.3) is 0 Å². The van der Waals surface area contributed by atoms with Gasteiger partial charge in [0, 0.05) is 5.92 Å². The highest BCUT2D eigenvalue weighted by molar-refractivity contribution is 5.88. The largest absolute Gasteiger partial charge is 0.480 e. The van der Waals surface area contributed by atoms with Gasteiger partial charge in [0.2, 0.25) is 5.91 Å². The number of fused-ring (bicyclic) bond motifs is 3. The second-order valence-electron chi connectivity index (χ2n) is 8.09. The Hall–Kier alpha value is -3.82. The number of alkyl halides is 3. The number of aliphatic carboxylic acids is 1. The zero-order valence-electron chi connectivity index (χ0n) is 18.8. The number of carbonyl (C=O) groups is 3. The molecule has 0 saturated carbocycles. The smallest absolute Gasteiger partial charge is 0.407 e. The summed E-state index contributed by atoms with van der Waals surface area (Å²) in [5.74, 6) is -3.02. The molecule has 186 valence electrons. The molecule has 1 aliphatic rings. The third-order valence-electron chi connectivity index (χ3n) is 5.60. The predicted molar refractivity (Wildman–Crippen MR) is 122 cm³/mol. The van der Waals surface area contributed by atoms with Crippen LogP contribution in [0.4, 0.5) is 18.0 Å². The van der Waals surface area contributed by atoms with Crippen molar-refractivity contribution in [3.8, 4) is 11.1 Å². The van der Waals surface area contributed by atoms with Gasteiger partial charge in [-0.3, -0.25) is 9.59 Å². The van der Waals surface area contributed by atoms with Crippen molar-refractivity contribution < 1.29 is 37.4 Å². The molecule has 0 aromatic heterocycles. The summed E-state index contributed by atoms with van der Waals surface area (Å²) in [7, 11) is 0. The molecule has 1 atom stereocenters. The average Bonchev–Trinajstić information content (AvgIpc) is 3.12.